The van der Waals surface area contributed by atoms with E-state index < -0.39 is 0 Å². The monoisotopic (exact) mass is 459 g/mol. The Bertz CT molecular complexity index is 1230. The van der Waals surface area contributed by atoms with E-state index in [1.165, 1.54) is 5.69 Å². The molecular formula is C26H29N5OS. The fourth-order valence-corrected chi connectivity index (χ4v) is 5.25. The van der Waals surface area contributed by atoms with E-state index in [1.807, 2.05) is 38.1 Å². The average molecular weight is 460 g/mol. The van der Waals surface area contributed by atoms with Gasteiger partial charge in [-0.2, -0.15) is 0 Å². The number of aryl methyl sites for hydroxylation is 2. The predicted octanol–water partition coefficient (Wildman–Crippen LogP) is 4.44. The van der Waals surface area contributed by atoms with Crippen molar-refractivity contribution in [3.8, 4) is 11.3 Å². The number of nitrogens with one attached hydrogen (secondary N) is 1. The molecule has 0 atom stereocenters. The third-order valence-corrected chi connectivity index (χ3v) is 7.12. The topological polar surface area (TPSA) is 52.9 Å². The van der Waals surface area contributed by atoms with Crippen LogP contribution in [0.2, 0.25) is 0 Å². The van der Waals surface area contributed by atoms with Crippen molar-refractivity contribution in [3.05, 3.63) is 76.9 Å². The van der Waals surface area contributed by atoms with Gasteiger partial charge in [0, 0.05) is 55.6 Å². The molecule has 2 aromatic heterocycles. The van der Waals surface area contributed by atoms with Crippen LogP contribution in [-0.2, 0) is 11.3 Å². The summed E-state index contributed by atoms with van der Waals surface area (Å²) in [6.07, 6.45) is 2.11. The highest BCUT2D eigenvalue weighted by Gasteiger charge is 2.23. The van der Waals surface area contributed by atoms with Crippen molar-refractivity contribution in [1.29, 1.82) is 0 Å². The summed E-state index contributed by atoms with van der Waals surface area (Å²) in [6.45, 7) is 8.98. The van der Waals surface area contributed by atoms with Gasteiger partial charge in [0.05, 0.1) is 17.9 Å². The Labute approximate surface area is 198 Å². The lowest BCUT2D eigenvalue weighted by atomic mass is 10.1. The molecule has 1 fully saturated rings. The van der Waals surface area contributed by atoms with Crippen LogP contribution in [0.1, 0.15) is 16.8 Å². The molecule has 0 saturated carbocycles. The lowest BCUT2D eigenvalue weighted by Crippen LogP contribution is -2.48. The van der Waals surface area contributed by atoms with E-state index in [4.69, 9.17) is 4.98 Å². The summed E-state index contributed by atoms with van der Waals surface area (Å²) >= 11 is 1.67. The number of imidazole rings is 1. The summed E-state index contributed by atoms with van der Waals surface area (Å²) in [4.78, 5) is 23.3. The van der Waals surface area contributed by atoms with Crippen molar-refractivity contribution in [2.75, 3.05) is 38.0 Å². The Balaban J connectivity index is 1.21. The predicted molar refractivity (Wildman–Crippen MR) is 135 cm³/mol. The second-order valence-electron chi connectivity index (χ2n) is 8.70. The fraction of sp³-hybridized carbons (Fsp3) is 0.308. The molecule has 2 aromatic carbocycles. The van der Waals surface area contributed by atoms with Crippen molar-refractivity contribution >= 4 is 27.9 Å². The van der Waals surface area contributed by atoms with Crippen LogP contribution in [-0.4, -0.2) is 57.8 Å². The maximum absolute atomic E-state index is 12.7. The van der Waals surface area contributed by atoms with E-state index >= 15 is 0 Å². The fourth-order valence-electron chi connectivity index (χ4n) is 4.52. The van der Waals surface area contributed by atoms with Gasteiger partial charge >= 0.3 is 0 Å². The summed E-state index contributed by atoms with van der Waals surface area (Å²) in [5, 5.41) is 5.20. The van der Waals surface area contributed by atoms with Crippen LogP contribution in [0, 0.1) is 13.8 Å². The van der Waals surface area contributed by atoms with E-state index in [1.54, 1.807) is 11.3 Å². The highest BCUT2D eigenvalue weighted by molar-refractivity contribution is 7.15. The number of amides is 1. The van der Waals surface area contributed by atoms with E-state index in [0.717, 1.165) is 65.8 Å². The molecule has 0 bridgehead atoms. The maximum Gasteiger partial charge on any atom is 0.238 e. The lowest BCUT2D eigenvalue weighted by molar-refractivity contribution is -0.117. The van der Waals surface area contributed by atoms with Crippen LogP contribution in [0.15, 0.2) is 60.1 Å². The van der Waals surface area contributed by atoms with E-state index in [0.29, 0.717) is 6.54 Å². The lowest BCUT2D eigenvalue weighted by Gasteiger charge is -2.34. The van der Waals surface area contributed by atoms with Crippen LogP contribution in [0.3, 0.4) is 0 Å². The first-order chi connectivity index (χ1) is 16.1. The number of hydrogen-bond donors (Lipinski definition) is 1. The number of fused-ring (bicyclic) bond motifs is 1. The van der Waals surface area contributed by atoms with Gasteiger partial charge in [-0.25, -0.2) is 4.98 Å². The van der Waals surface area contributed by atoms with Crippen molar-refractivity contribution in [2.24, 2.45) is 0 Å². The molecule has 3 heterocycles. The van der Waals surface area contributed by atoms with Crippen LogP contribution in [0.5, 0.6) is 0 Å². The number of rotatable bonds is 6. The summed E-state index contributed by atoms with van der Waals surface area (Å²) in [5.41, 5.74) is 6.60. The summed E-state index contributed by atoms with van der Waals surface area (Å²) < 4.78 is 2.22. The summed E-state index contributed by atoms with van der Waals surface area (Å²) in [5.74, 6) is 0.0583. The first kappa shape index (κ1) is 21.8. The number of carbonyl (C=O) groups is 1. The number of nitrogens with zero attached hydrogens (tertiary/aromatic N) is 4. The molecule has 1 N–H and O–H groups in total. The standard InChI is InChI=1S/C26H29N5OS/c1-19-7-6-8-20(2)24(19)27-23(32)18-30-13-11-29(12-14-30)17-22-25(21-9-4-3-5-10-21)28-26-31(22)15-16-33-26/h3-10,15-16H,11-14,17-18H2,1-2H3,(H,27,32). The molecule has 4 aromatic rings. The van der Waals surface area contributed by atoms with Crippen LogP contribution < -0.4 is 5.32 Å². The second-order valence-corrected chi connectivity index (χ2v) is 9.57. The normalized spacial score (nSPS) is 15.2. The van der Waals surface area contributed by atoms with E-state index in [9.17, 15) is 4.79 Å². The Hall–Kier alpha value is -3.00. The van der Waals surface area contributed by atoms with Gasteiger partial charge in [-0.05, 0) is 25.0 Å². The number of carbonyl (C=O) groups excluding carboxylic acids is 1. The van der Waals surface area contributed by atoms with Gasteiger partial charge in [0.25, 0.3) is 0 Å². The van der Waals surface area contributed by atoms with Gasteiger partial charge < -0.3 is 5.32 Å². The molecule has 0 radical (unpaired) electrons. The molecular weight excluding hydrogens is 430 g/mol. The van der Waals surface area contributed by atoms with Gasteiger partial charge in [0.1, 0.15) is 0 Å². The zero-order valence-corrected chi connectivity index (χ0v) is 19.9. The maximum atomic E-state index is 12.7. The molecule has 1 saturated heterocycles. The molecule has 0 aliphatic carbocycles. The molecule has 0 unspecified atom stereocenters. The highest BCUT2D eigenvalue weighted by atomic mass is 32.1. The number of thiazole rings is 1. The molecule has 5 rings (SSSR count). The molecule has 33 heavy (non-hydrogen) atoms. The SMILES string of the molecule is Cc1cccc(C)c1NC(=O)CN1CCN(Cc2c(-c3ccccc3)nc3sccn23)CC1. The van der Waals surface area contributed by atoms with Crippen LogP contribution >= 0.6 is 11.3 Å². The second kappa shape index (κ2) is 9.47. The third-order valence-electron chi connectivity index (χ3n) is 6.36. The molecule has 1 aliphatic heterocycles. The Morgan fingerprint density at radius 2 is 1.67 bits per heavy atom. The summed E-state index contributed by atoms with van der Waals surface area (Å²) in [6, 6.07) is 16.5. The molecule has 170 valence electrons. The van der Waals surface area contributed by atoms with Gasteiger partial charge in [0.2, 0.25) is 5.91 Å². The number of hydrogen-bond acceptors (Lipinski definition) is 5. The van der Waals surface area contributed by atoms with Gasteiger partial charge in [-0.3, -0.25) is 19.0 Å². The minimum atomic E-state index is 0.0583. The van der Waals surface area contributed by atoms with E-state index in [2.05, 4.69) is 55.4 Å². The highest BCUT2D eigenvalue weighted by Crippen LogP contribution is 2.28. The Morgan fingerprint density at radius 1 is 0.970 bits per heavy atom. The molecule has 6 nitrogen and oxygen atoms in total. The number of aromatic nitrogens is 2. The molecule has 1 amide bonds. The number of para-hydroxylation sites is 1. The minimum Gasteiger partial charge on any atom is -0.324 e. The Kier molecular flexibility index (Phi) is 6.26. The molecule has 1 aliphatic rings. The third kappa shape index (κ3) is 4.71. The first-order valence-corrected chi connectivity index (χ1v) is 12.3. The van der Waals surface area contributed by atoms with Gasteiger partial charge in [-0.15, -0.1) is 11.3 Å². The van der Waals surface area contributed by atoms with Crippen molar-refractivity contribution in [1.82, 2.24) is 19.2 Å². The molecule has 7 heteroatoms. The largest absolute Gasteiger partial charge is 0.324 e. The number of benzene rings is 2. The quantitative estimate of drug-likeness (QED) is 0.463. The average Bonchev–Trinajstić information content (AvgIpc) is 3.41. The van der Waals surface area contributed by atoms with Crippen LogP contribution in [0.4, 0.5) is 5.69 Å². The van der Waals surface area contributed by atoms with Crippen molar-refractivity contribution in [3.63, 3.8) is 0 Å². The molecule has 0 spiro atoms. The zero-order valence-electron chi connectivity index (χ0n) is 19.1. The smallest absolute Gasteiger partial charge is 0.238 e. The number of piperazine rings is 1. The summed E-state index contributed by atoms with van der Waals surface area (Å²) in [7, 11) is 0. The van der Waals surface area contributed by atoms with Gasteiger partial charge in [0.15, 0.2) is 4.96 Å². The van der Waals surface area contributed by atoms with Crippen molar-refractivity contribution in [2.45, 2.75) is 20.4 Å². The van der Waals surface area contributed by atoms with E-state index in [-0.39, 0.29) is 5.91 Å². The van der Waals surface area contributed by atoms with Crippen LogP contribution in [0.25, 0.3) is 16.2 Å². The Morgan fingerprint density at radius 3 is 2.39 bits per heavy atom. The zero-order chi connectivity index (χ0) is 22.8. The number of anilines is 1. The van der Waals surface area contributed by atoms with Crippen molar-refractivity contribution < 1.29 is 4.79 Å². The van der Waals surface area contributed by atoms with Gasteiger partial charge in [-0.1, -0.05) is 48.5 Å². The minimum absolute atomic E-state index is 0.0583. The first-order valence-electron chi connectivity index (χ1n) is 11.4.